The van der Waals surface area contributed by atoms with Gasteiger partial charge >= 0.3 is 13.7 Å². The number of carbonyl (C=O) groups is 1. The minimum atomic E-state index is -4.37. The standard InChI is InChI=1S/C28H39ClFN6O7P/c1-7-35(8-2)24-22-25(33-19(6)32-24)36(16-31-22)26-21(30)23(37)28(14-29,42-26)15-40-44(39,43-20-12-10-9-11-13-20)34-18(5)27(38)41-17(3)4/h9-13,16-18,21,23,26,37H,7-8,14-15H2,1-6H3,(H,34,39)/t18-,21-,23-,26+,28+,44-/m0/s1. The summed E-state index contributed by atoms with van der Waals surface area (Å²) in [5.74, 6) is 0.0736. The lowest BCUT2D eigenvalue weighted by Crippen LogP contribution is -2.48. The number of esters is 1. The zero-order valence-electron chi connectivity index (χ0n) is 25.5. The molecule has 2 aromatic heterocycles. The first-order chi connectivity index (χ1) is 20.9. The molecule has 16 heteroatoms. The van der Waals surface area contributed by atoms with Crippen LogP contribution in [0.5, 0.6) is 5.75 Å². The van der Waals surface area contributed by atoms with Gasteiger partial charge in [-0.25, -0.2) is 23.9 Å². The molecule has 3 heterocycles. The maximum atomic E-state index is 15.9. The molecule has 3 aromatic rings. The number of anilines is 1. The van der Waals surface area contributed by atoms with E-state index in [4.69, 9.17) is 30.1 Å². The number of carbonyl (C=O) groups excluding carboxylic acids is 1. The van der Waals surface area contributed by atoms with E-state index in [1.807, 2.05) is 18.7 Å². The number of fused-ring (bicyclic) bond motifs is 1. The number of imidazole rings is 1. The number of rotatable bonds is 14. The van der Waals surface area contributed by atoms with Crippen molar-refractivity contribution in [3.8, 4) is 5.75 Å². The highest BCUT2D eigenvalue weighted by Gasteiger charge is 2.57. The molecule has 6 atom stereocenters. The number of para-hydroxylation sites is 1. The summed E-state index contributed by atoms with van der Waals surface area (Å²) in [5, 5.41) is 13.7. The maximum Gasteiger partial charge on any atom is 0.459 e. The van der Waals surface area contributed by atoms with E-state index in [-0.39, 0.29) is 5.75 Å². The number of hydrogen-bond donors (Lipinski definition) is 2. The zero-order chi connectivity index (χ0) is 32.2. The lowest BCUT2D eigenvalue weighted by Gasteiger charge is -2.31. The van der Waals surface area contributed by atoms with Gasteiger partial charge in [-0.3, -0.25) is 13.9 Å². The molecular formula is C28H39ClFN6O7P. The third-order valence-corrected chi connectivity index (χ3v) is 9.13. The minimum Gasteiger partial charge on any atom is -0.462 e. The molecular weight excluding hydrogens is 618 g/mol. The smallest absolute Gasteiger partial charge is 0.459 e. The van der Waals surface area contributed by atoms with Crippen molar-refractivity contribution in [2.24, 2.45) is 0 Å². The van der Waals surface area contributed by atoms with Crippen LogP contribution in [0.25, 0.3) is 11.2 Å². The Morgan fingerprint density at radius 2 is 1.93 bits per heavy atom. The molecule has 1 saturated heterocycles. The molecule has 0 amide bonds. The molecule has 0 radical (unpaired) electrons. The van der Waals surface area contributed by atoms with Crippen LogP contribution in [0.15, 0.2) is 36.7 Å². The van der Waals surface area contributed by atoms with Gasteiger partial charge in [0.2, 0.25) is 0 Å². The van der Waals surface area contributed by atoms with Crippen LogP contribution in [0.1, 0.15) is 46.7 Å². The van der Waals surface area contributed by atoms with Gasteiger partial charge in [0.15, 0.2) is 29.4 Å². The molecule has 0 unspecified atom stereocenters. The van der Waals surface area contributed by atoms with Gasteiger partial charge in [0.05, 0.1) is 24.9 Å². The summed E-state index contributed by atoms with van der Waals surface area (Å²) in [4.78, 5) is 27.9. The Kier molecular flexibility index (Phi) is 10.9. The van der Waals surface area contributed by atoms with E-state index in [0.717, 1.165) is 0 Å². The first kappa shape index (κ1) is 34.0. The molecule has 1 fully saturated rings. The van der Waals surface area contributed by atoms with Gasteiger partial charge in [0.1, 0.15) is 29.3 Å². The van der Waals surface area contributed by atoms with Gasteiger partial charge < -0.3 is 24.0 Å². The Morgan fingerprint density at radius 1 is 1.25 bits per heavy atom. The van der Waals surface area contributed by atoms with Crippen LogP contribution in [0.3, 0.4) is 0 Å². The Bertz CT molecular complexity index is 1480. The van der Waals surface area contributed by atoms with E-state index in [9.17, 15) is 14.5 Å². The fourth-order valence-corrected chi connectivity index (χ4v) is 6.61. The number of ether oxygens (including phenoxy) is 2. The Balaban J connectivity index is 1.63. The molecule has 13 nitrogen and oxygen atoms in total. The van der Waals surface area contributed by atoms with Crippen LogP contribution in [0, 0.1) is 6.92 Å². The lowest BCUT2D eigenvalue weighted by molar-refractivity contribution is -0.149. The summed E-state index contributed by atoms with van der Waals surface area (Å²) in [6.07, 6.45) is -4.25. The number of aliphatic hydroxyl groups is 1. The number of aliphatic hydroxyl groups excluding tert-OH is 1. The molecule has 242 valence electrons. The largest absolute Gasteiger partial charge is 0.462 e. The molecule has 1 aliphatic rings. The van der Waals surface area contributed by atoms with E-state index < -0.39 is 62.5 Å². The summed E-state index contributed by atoms with van der Waals surface area (Å²) in [6.45, 7) is 11.1. The molecule has 4 rings (SSSR count). The van der Waals surface area contributed by atoms with E-state index >= 15 is 4.39 Å². The second-order valence-electron chi connectivity index (χ2n) is 10.7. The van der Waals surface area contributed by atoms with Crippen molar-refractivity contribution in [3.63, 3.8) is 0 Å². The quantitative estimate of drug-likeness (QED) is 0.145. The molecule has 0 bridgehead atoms. The monoisotopic (exact) mass is 656 g/mol. The van der Waals surface area contributed by atoms with E-state index in [0.29, 0.717) is 35.9 Å². The maximum absolute atomic E-state index is 15.9. The van der Waals surface area contributed by atoms with Crippen molar-refractivity contribution in [1.29, 1.82) is 0 Å². The van der Waals surface area contributed by atoms with Crippen LogP contribution in [-0.2, 0) is 23.4 Å². The normalized spacial score (nSPS) is 23.9. The van der Waals surface area contributed by atoms with Crippen LogP contribution in [0.2, 0.25) is 0 Å². The second kappa shape index (κ2) is 14.1. The summed E-state index contributed by atoms with van der Waals surface area (Å²) >= 11 is 6.29. The van der Waals surface area contributed by atoms with Gasteiger partial charge in [0.25, 0.3) is 0 Å². The van der Waals surface area contributed by atoms with Crippen LogP contribution in [-0.4, -0.2) is 86.2 Å². The van der Waals surface area contributed by atoms with Gasteiger partial charge in [-0.05, 0) is 53.7 Å². The predicted octanol–water partition coefficient (Wildman–Crippen LogP) is 4.32. The fraction of sp³-hybridized carbons (Fsp3) is 0.571. The van der Waals surface area contributed by atoms with Crippen molar-refractivity contribution >= 4 is 42.3 Å². The van der Waals surface area contributed by atoms with Gasteiger partial charge in [0, 0.05) is 13.1 Å². The first-order valence-electron chi connectivity index (χ1n) is 14.4. The molecule has 0 saturated carbocycles. The summed E-state index contributed by atoms with van der Waals surface area (Å²) in [6, 6.07) is 7.02. The second-order valence-corrected chi connectivity index (χ2v) is 12.7. The highest BCUT2D eigenvalue weighted by molar-refractivity contribution is 7.52. The lowest BCUT2D eigenvalue weighted by atomic mass is 9.99. The molecule has 1 aliphatic heterocycles. The van der Waals surface area contributed by atoms with Gasteiger partial charge in [-0.1, -0.05) is 18.2 Å². The van der Waals surface area contributed by atoms with Crippen molar-refractivity contribution in [3.05, 3.63) is 42.5 Å². The van der Waals surface area contributed by atoms with Crippen LogP contribution in [0.4, 0.5) is 10.2 Å². The van der Waals surface area contributed by atoms with Crippen LogP contribution < -0.4 is 14.5 Å². The third kappa shape index (κ3) is 7.16. The third-order valence-electron chi connectivity index (χ3n) is 7.05. The SMILES string of the molecule is CCN(CC)c1nc(C)nc2c1ncn2[C@@H]1O[C@](CCl)(CO[P@@](=O)(N[C@@H](C)C(=O)OC(C)C)Oc2ccccc2)[C@@H](O)[C@@H]1F. The minimum absolute atomic E-state index is 0.172. The number of nitrogens with zero attached hydrogens (tertiary/aromatic N) is 5. The van der Waals surface area contributed by atoms with E-state index in [1.54, 1.807) is 51.1 Å². The molecule has 1 aromatic carbocycles. The molecule has 44 heavy (non-hydrogen) atoms. The summed E-state index contributed by atoms with van der Waals surface area (Å²) < 4.78 is 53.9. The Labute approximate surface area is 260 Å². The fourth-order valence-electron chi connectivity index (χ4n) is 4.77. The first-order valence-corrected chi connectivity index (χ1v) is 16.4. The molecule has 2 N–H and O–H groups in total. The van der Waals surface area contributed by atoms with E-state index in [1.165, 1.54) is 17.8 Å². The number of hydrogen-bond acceptors (Lipinski definition) is 11. The summed E-state index contributed by atoms with van der Waals surface area (Å²) in [7, 11) is -4.37. The summed E-state index contributed by atoms with van der Waals surface area (Å²) in [5.41, 5.74) is -1.12. The van der Waals surface area contributed by atoms with Crippen LogP contribution >= 0.6 is 19.3 Å². The average molecular weight is 657 g/mol. The molecule has 0 spiro atoms. The van der Waals surface area contributed by atoms with Crippen molar-refractivity contribution < 1.29 is 37.4 Å². The number of alkyl halides is 2. The number of benzene rings is 1. The zero-order valence-corrected chi connectivity index (χ0v) is 27.2. The van der Waals surface area contributed by atoms with Gasteiger partial charge in [-0.2, -0.15) is 5.09 Å². The average Bonchev–Trinajstić information content (AvgIpc) is 3.51. The number of aryl methyl sites for hydroxylation is 1. The predicted molar refractivity (Wildman–Crippen MR) is 163 cm³/mol. The molecule has 0 aliphatic carbocycles. The number of aromatic nitrogens is 4. The highest BCUT2D eigenvalue weighted by Crippen LogP contribution is 2.49. The Hall–Kier alpha value is -2.87. The Morgan fingerprint density at radius 3 is 2.55 bits per heavy atom. The highest BCUT2D eigenvalue weighted by atomic mass is 35.5. The van der Waals surface area contributed by atoms with Gasteiger partial charge in [-0.15, -0.1) is 11.6 Å². The number of halogens is 2. The van der Waals surface area contributed by atoms with Crippen molar-refractivity contribution in [1.82, 2.24) is 24.6 Å². The number of nitrogens with one attached hydrogen (secondary N) is 1. The van der Waals surface area contributed by atoms with Crippen molar-refractivity contribution in [2.75, 3.05) is 30.5 Å². The van der Waals surface area contributed by atoms with E-state index in [2.05, 4.69) is 20.0 Å². The topological polar surface area (TPSA) is 150 Å². The van der Waals surface area contributed by atoms with Crippen molar-refractivity contribution in [2.45, 2.75) is 77.8 Å².